The minimum Gasteiger partial charge on any atom is -0.427 e. The molecule has 0 aliphatic carbocycles. The molecular formula is C39H71NO4. The van der Waals surface area contributed by atoms with Gasteiger partial charge in [0.25, 0.3) is 0 Å². The van der Waals surface area contributed by atoms with Crippen molar-refractivity contribution < 1.29 is 19.4 Å². The average molecular weight is 618 g/mol. The summed E-state index contributed by atoms with van der Waals surface area (Å²) in [4.78, 5) is 14.6. The summed E-state index contributed by atoms with van der Waals surface area (Å²) in [6, 6.07) is 8.01. The number of benzene rings is 1. The van der Waals surface area contributed by atoms with E-state index in [4.69, 9.17) is 9.47 Å². The number of aliphatic hydroxyl groups excluding tert-OH is 1. The molecule has 0 amide bonds. The van der Waals surface area contributed by atoms with Gasteiger partial charge in [0.2, 0.25) is 0 Å². The van der Waals surface area contributed by atoms with Crippen LogP contribution in [0.15, 0.2) is 24.3 Å². The maximum absolute atomic E-state index is 12.2. The number of ether oxygens (including phenoxy) is 2. The predicted octanol–water partition coefficient (Wildman–Crippen LogP) is 10.5. The highest BCUT2D eigenvalue weighted by Gasteiger charge is 2.07. The van der Waals surface area contributed by atoms with E-state index in [1.165, 1.54) is 121 Å². The lowest BCUT2D eigenvalue weighted by molar-refractivity contribution is -0.134. The molecule has 5 heteroatoms. The van der Waals surface area contributed by atoms with Gasteiger partial charge in [-0.15, -0.1) is 0 Å². The van der Waals surface area contributed by atoms with Crippen molar-refractivity contribution in [1.82, 2.24) is 4.90 Å². The van der Waals surface area contributed by atoms with Crippen molar-refractivity contribution in [2.75, 3.05) is 39.5 Å². The van der Waals surface area contributed by atoms with Gasteiger partial charge < -0.3 is 19.5 Å². The molecule has 0 bridgehead atoms. The van der Waals surface area contributed by atoms with Crippen molar-refractivity contribution >= 4 is 5.97 Å². The first-order valence-electron chi connectivity index (χ1n) is 18.9. The van der Waals surface area contributed by atoms with Gasteiger partial charge >= 0.3 is 5.97 Å². The number of esters is 1. The molecule has 5 nitrogen and oxygen atoms in total. The van der Waals surface area contributed by atoms with Crippen molar-refractivity contribution in [2.24, 2.45) is 0 Å². The second kappa shape index (κ2) is 31.5. The zero-order valence-electron chi connectivity index (χ0n) is 29.1. The van der Waals surface area contributed by atoms with E-state index in [1.807, 2.05) is 12.1 Å². The Morgan fingerprint density at radius 2 is 1.07 bits per heavy atom. The molecule has 256 valence electrons. The van der Waals surface area contributed by atoms with Crippen LogP contribution in [0.1, 0.15) is 167 Å². The fourth-order valence-corrected chi connectivity index (χ4v) is 5.78. The molecule has 0 saturated carbocycles. The van der Waals surface area contributed by atoms with E-state index in [1.54, 1.807) is 0 Å². The highest BCUT2D eigenvalue weighted by molar-refractivity contribution is 5.72. The lowest BCUT2D eigenvalue weighted by Crippen LogP contribution is -2.29. The van der Waals surface area contributed by atoms with E-state index in [-0.39, 0.29) is 12.6 Å². The van der Waals surface area contributed by atoms with Crippen molar-refractivity contribution in [2.45, 2.75) is 168 Å². The van der Waals surface area contributed by atoms with Gasteiger partial charge in [0.1, 0.15) is 5.75 Å². The minimum absolute atomic E-state index is 0.124. The smallest absolute Gasteiger partial charge is 0.311 e. The van der Waals surface area contributed by atoms with Gasteiger partial charge in [0.05, 0.1) is 6.61 Å². The Labute approximate surface area is 272 Å². The zero-order chi connectivity index (χ0) is 31.8. The van der Waals surface area contributed by atoms with Crippen molar-refractivity contribution in [3.05, 3.63) is 29.8 Å². The number of rotatable bonds is 33. The maximum Gasteiger partial charge on any atom is 0.311 e. The molecule has 0 aromatic heterocycles. The largest absolute Gasteiger partial charge is 0.427 e. The van der Waals surface area contributed by atoms with Crippen LogP contribution >= 0.6 is 0 Å². The summed E-state index contributed by atoms with van der Waals surface area (Å²) < 4.78 is 11.3. The number of carbonyl (C=O) groups is 1. The number of unbranched alkanes of at least 4 members (excludes halogenated alkanes) is 18. The topological polar surface area (TPSA) is 59.0 Å². The average Bonchev–Trinajstić information content (AvgIpc) is 3.03. The van der Waals surface area contributed by atoms with Crippen LogP contribution in [0.5, 0.6) is 5.75 Å². The second-order valence-electron chi connectivity index (χ2n) is 12.9. The Balaban J connectivity index is 1.92. The molecule has 0 unspecified atom stereocenters. The van der Waals surface area contributed by atoms with Gasteiger partial charge in [0, 0.05) is 26.2 Å². The van der Waals surface area contributed by atoms with Crippen LogP contribution < -0.4 is 4.74 Å². The van der Waals surface area contributed by atoms with Crippen molar-refractivity contribution in [1.29, 1.82) is 0 Å². The van der Waals surface area contributed by atoms with Crippen LogP contribution in [0.4, 0.5) is 0 Å². The van der Waals surface area contributed by atoms with Crippen molar-refractivity contribution in [3.8, 4) is 5.75 Å². The Morgan fingerprint density at radius 1 is 0.591 bits per heavy atom. The molecule has 1 aromatic rings. The predicted molar refractivity (Wildman–Crippen MR) is 188 cm³/mol. The van der Waals surface area contributed by atoms with E-state index in [2.05, 4.69) is 30.9 Å². The van der Waals surface area contributed by atoms with Crippen LogP contribution in [-0.4, -0.2) is 55.4 Å². The lowest BCUT2D eigenvalue weighted by Gasteiger charge is -2.21. The van der Waals surface area contributed by atoms with Crippen LogP contribution in [0.2, 0.25) is 0 Å². The van der Waals surface area contributed by atoms with Gasteiger partial charge in [-0.05, 0) is 75.7 Å². The summed E-state index contributed by atoms with van der Waals surface area (Å²) in [5.41, 5.74) is 1.31. The number of nitrogens with zero attached hydrogens (tertiary/aromatic N) is 1. The second-order valence-corrected chi connectivity index (χ2v) is 12.9. The Morgan fingerprint density at radius 3 is 1.61 bits per heavy atom. The molecule has 0 aliphatic rings. The van der Waals surface area contributed by atoms with Crippen molar-refractivity contribution in [3.63, 3.8) is 0 Å². The highest BCUT2D eigenvalue weighted by atomic mass is 16.5. The van der Waals surface area contributed by atoms with E-state index in [0.29, 0.717) is 12.2 Å². The monoisotopic (exact) mass is 618 g/mol. The molecule has 44 heavy (non-hydrogen) atoms. The lowest BCUT2D eigenvalue weighted by atomic mass is 10.1. The van der Waals surface area contributed by atoms with Crippen LogP contribution in [0, 0.1) is 0 Å². The van der Waals surface area contributed by atoms with Gasteiger partial charge in [0.15, 0.2) is 0 Å². The summed E-state index contributed by atoms with van der Waals surface area (Å²) in [6.07, 6.45) is 29.2. The molecule has 0 spiro atoms. The summed E-state index contributed by atoms with van der Waals surface area (Å²) in [5.74, 6) is 0.536. The summed E-state index contributed by atoms with van der Waals surface area (Å²) in [7, 11) is 0. The molecule has 0 saturated heterocycles. The van der Waals surface area contributed by atoms with E-state index < -0.39 is 0 Å². The number of aliphatic hydroxyl groups is 1. The molecule has 0 atom stereocenters. The first-order valence-corrected chi connectivity index (χ1v) is 18.9. The summed E-state index contributed by atoms with van der Waals surface area (Å²) >= 11 is 0. The quantitative estimate of drug-likeness (QED) is 0.0483. The standard InChI is InChI=1S/C39H71NO4/c1-3-5-7-8-11-17-23-35-43-36-24-18-12-9-10-15-21-31-40(33-34-41)32-22-16-13-14-20-26-39(42)44-38-29-27-37(28-30-38)25-19-6-4-2/h27-30,41H,3-26,31-36H2,1-2H3. The Hall–Kier alpha value is -1.43. The molecule has 0 radical (unpaired) electrons. The molecule has 1 rings (SSSR count). The van der Waals surface area contributed by atoms with Crippen LogP contribution in [-0.2, 0) is 16.0 Å². The zero-order valence-corrected chi connectivity index (χ0v) is 29.1. The Kier molecular flexibility index (Phi) is 29.1. The summed E-state index contributed by atoms with van der Waals surface area (Å²) in [6.45, 7) is 9.56. The summed E-state index contributed by atoms with van der Waals surface area (Å²) in [5, 5.41) is 9.47. The number of aryl methyl sites for hydroxylation is 1. The SMILES string of the molecule is CCCCCCCCCOCCCCCCCCCN(CCO)CCCCCCCC(=O)Oc1ccc(CCCCC)cc1. The third-order valence-corrected chi connectivity index (χ3v) is 8.65. The number of hydrogen-bond acceptors (Lipinski definition) is 5. The van der Waals surface area contributed by atoms with E-state index in [0.717, 1.165) is 65.0 Å². The molecule has 0 aliphatic heterocycles. The van der Waals surface area contributed by atoms with E-state index >= 15 is 0 Å². The minimum atomic E-state index is -0.124. The van der Waals surface area contributed by atoms with Gasteiger partial charge in [-0.1, -0.05) is 129 Å². The van der Waals surface area contributed by atoms with Crippen LogP contribution in [0.25, 0.3) is 0 Å². The first-order chi connectivity index (χ1) is 21.7. The number of carbonyl (C=O) groups excluding carboxylic acids is 1. The maximum atomic E-state index is 12.2. The molecular weight excluding hydrogens is 546 g/mol. The van der Waals surface area contributed by atoms with E-state index in [9.17, 15) is 9.90 Å². The van der Waals surface area contributed by atoms with Gasteiger partial charge in [-0.3, -0.25) is 4.79 Å². The molecule has 0 heterocycles. The third kappa shape index (κ3) is 25.9. The fraction of sp³-hybridized carbons (Fsp3) is 0.821. The Bertz CT molecular complexity index is 738. The molecule has 0 fully saturated rings. The van der Waals surface area contributed by atoms with Crippen LogP contribution in [0.3, 0.4) is 0 Å². The third-order valence-electron chi connectivity index (χ3n) is 8.65. The normalized spacial score (nSPS) is 11.5. The van der Waals surface area contributed by atoms with Gasteiger partial charge in [-0.25, -0.2) is 0 Å². The first kappa shape index (κ1) is 40.6. The highest BCUT2D eigenvalue weighted by Crippen LogP contribution is 2.16. The molecule has 1 N–H and O–H groups in total. The fourth-order valence-electron chi connectivity index (χ4n) is 5.78. The van der Waals surface area contributed by atoms with Gasteiger partial charge in [-0.2, -0.15) is 0 Å². The molecule has 1 aromatic carbocycles. The number of hydrogen-bond donors (Lipinski definition) is 1.